The Bertz CT molecular complexity index is 1190. The zero-order valence-electron chi connectivity index (χ0n) is 35.6. The van der Waals surface area contributed by atoms with E-state index in [0.29, 0.717) is 45.4 Å². The van der Waals surface area contributed by atoms with E-state index in [-0.39, 0.29) is 92.6 Å². The topological polar surface area (TPSA) is 233 Å². The van der Waals surface area contributed by atoms with Crippen LogP contribution in [0.4, 0.5) is 4.79 Å². The zero-order chi connectivity index (χ0) is 43.2. The monoisotopic (exact) mass is 831 g/mol. The van der Waals surface area contributed by atoms with Gasteiger partial charge >= 0.3 is 24.0 Å². The van der Waals surface area contributed by atoms with E-state index in [1.165, 1.54) is 27.7 Å². The highest BCUT2D eigenvalue weighted by atomic mass is 16.7. The van der Waals surface area contributed by atoms with Crippen LogP contribution in [0.15, 0.2) is 0 Å². The summed E-state index contributed by atoms with van der Waals surface area (Å²) in [6.45, 7) is 14.2. The summed E-state index contributed by atoms with van der Waals surface area (Å²) in [5.74, 6) is -1.57. The molecule has 0 radical (unpaired) electrons. The Morgan fingerprint density at radius 2 is 1.03 bits per heavy atom. The largest absolute Gasteiger partial charge is 0.463 e. The normalized spacial score (nSPS) is 27.4. The predicted octanol–water partition coefficient (Wildman–Crippen LogP) is 2.90. The maximum atomic E-state index is 12.2. The van der Waals surface area contributed by atoms with Crippen molar-refractivity contribution >= 4 is 35.8 Å². The predicted molar refractivity (Wildman–Crippen MR) is 208 cm³/mol. The first-order valence-electron chi connectivity index (χ1n) is 20.6. The van der Waals surface area contributed by atoms with Crippen molar-refractivity contribution < 1.29 is 71.8 Å². The summed E-state index contributed by atoms with van der Waals surface area (Å²) in [7, 11) is 0. The maximum absolute atomic E-state index is 12.2. The van der Waals surface area contributed by atoms with E-state index in [1.807, 2.05) is 27.7 Å². The number of aliphatic hydroxyl groups is 1. The Morgan fingerprint density at radius 1 is 0.586 bits per heavy atom. The highest BCUT2D eigenvalue weighted by Crippen LogP contribution is 2.33. The number of carbonyl (C=O) groups is 6. The van der Waals surface area contributed by atoms with Crippen LogP contribution in [0.2, 0.25) is 0 Å². The Balaban J connectivity index is 1.54. The van der Waals surface area contributed by atoms with Crippen LogP contribution < -0.4 is 16.0 Å². The average Bonchev–Trinajstić information content (AvgIpc) is 3.16. The van der Waals surface area contributed by atoms with Crippen molar-refractivity contribution in [1.82, 2.24) is 16.0 Å². The lowest BCUT2D eigenvalue weighted by Gasteiger charge is -2.44. The van der Waals surface area contributed by atoms with Gasteiger partial charge in [-0.15, -0.1) is 0 Å². The molecule has 0 spiro atoms. The minimum Gasteiger partial charge on any atom is -0.463 e. The lowest BCUT2D eigenvalue weighted by Crippen LogP contribution is -2.58. The number of alkyl carbamates (subject to hydrolysis) is 1. The molecule has 0 aromatic rings. The summed E-state index contributed by atoms with van der Waals surface area (Å²) in [5, 5.41) is 18.6. The van der Waals surface area contributed by atoms with Crippen LogP contribution >= 0.6 is 0 Å². The first-order valence-corrected chi connectivity index (χ1v) is 20.6. The Morgan fingerprint density at radius 3 is 1.50 bits per heavy atom. The minimum absolute atomic E-state index is 0.0143. The molecule has 58 heavy (non-hydrogen) atoms. The number of unbranched alkanes of at least 4 members (excludes halogenated alkanes) is 5. The van der Waals surface area contributed by atoms with Crippen molar-refractivity contribution in [3.63, 3.8) is 0 Å². The molecule has 18 heteroatoms. The van der Waals surface area contributed by atoms with Gasteiger partial charge in [0.1, 0.15) is 32.5 Å². The fourth-order valence-corrected chi connectivity index (χ4v) is 6.77. The van der Waals surface area contributed by atoms with Gasteiger partial charge in [0.2, 0.25) is 11.8 Å². The summed E-state index contributed by atoms with van der Waals surface area (Å²) < 4.78 is 44.7. The third kappa shape index (κ3) is 19.4. The summed E-state index contributed by atoms with van der Waals surface area (Å²) in [6, 6.07) is -0.712. The molecular weight excluding hydrogens is 762 g/mol. The molecule has 0 aromatic heterocycles. The molecule has 334 valence electrons. The molecule has 2 aliphatic rings. The Labute approximate surface area is 342 Å². The van der Waals surface area contributed by atoms with Gasteiger partial charge in [0.15, 0.2) is 12.6 Å². The third-order valence-electron chi connectivity index (χ3n) is 10.6. The number of carbonyl (C=O) groups excluding carboxylic acids is 6. The number of hydrogen-bond acceptors (Lipinski definition) is 15. The van der Waals surface area contributed by atoms with Crippen LogP contribution in [0.5, 0.6) is 0 Å². The van der Waals surface area contributed by atoms with Crippen molar-refractivity contribution in [3.05, 3.63) is 0 Å². The fourth-order valence-electron chi connectivity index (χ4n) is 6.77. The lowest BCUT2D eigenvalue weighted by atomic mass is 9.82. The van der Waals surface area contributed by atoms with Gasteiger partial charge in [-0.05, 0) is 55.8 Å². The molecule has 0 aromatic carbocycles. The van der Waals surface area contributed by atoms with Gasteiger partial charge < -0.3 is 59.0 Å². The van der Waals surface area contributed by atoms with E-state index in [4.69, 9.17) is 37.9 Å². The Hall–Kier alpha value is -3.58. The zero-order valence-corrected chi connectivity index (χ0v) is 35.6. The van der Waals surface area contributed by atoms with Crippen molar-refractivity contribution in [1.29, 1.82) is 0 Å². The van der Waals surface area contributed by atoms with Gasteiger partial charge in [-0.1, -0.05) is 40.5 Å². The van der Waals surface area contributed by atoms with Crippen LogP contribution in [0.3, 0.4) is 0 Å². The lowest BCUT2D eigenvalue weighted by molar-refractivity contribution is -0.244. The molecule has 4 N–H and O–H groups in total. The molecule has 2 saturated heterocycles. The third-order valence-corrected chi connectivity index (χ3v) is 10.6. The molecule has 18 nitrogen and oxygen atoms in total. The van der Waals surface area contributed by atoms with Gasteiger partial charge in [0.25, 0.3) is 0 Å². The summed E-state index contributed by atoms with van der Waals surface area (Å²) in [5.41, 5.74) is 0. The van der Waals surface area contributed by atoms with Crippen LogP contribution in [-0.2, 0) is 61.9 Å². The first-order chi connectivity index (χ1) is 27.5. The van der Waals surface area contributed by atoms with Crippen LogP contribution in [0, 0.1) is 23.7 Å². The van der Waals surface area contributed by atoms with Crippen molar-refractivity contribution in [2.45, 2.75) is 150 Å². The molecule has 2 aliphatic heterocycles. The summed E-state index contributed by atoms with van der Waals surface area (Å²) in [6.07, 6.45) is 1.00. The number of hydrogen-bond donors (Lipinski definition) is 4. The van der Waals surface area contributed by atoms with E-state index in [0.717, 1.165) is 19.3 Å². The SMILES string of the molecule is CC(=O)N[C@H]1[C@H](OCCCCCCC(=O)OCC(O)COC(=O)NCCCCCO[C@@H]2O[C@H](COC(C)=O)[C@H](C)[C@H](C)[C@H]2NC(C)=O)O[C@H](COC(C)=O)[C@H](C)[C@@H]1C. The van der Waals surface area contributed by atoms with Gasteiger partial charge in [0.05, 0.1) is 24.3 Å². The first kappa shape index (κ1) is 50.6. The van der Waals surface area contributed by atoms with Crippen molar-refractivity contribution in [3.8, 4) is 0 Å². The molecule has 2 heterocycles. The molecule has 2 fully saturated rings. The van der Waals surface area contributed by atoms with Crippen molar-refractivity contribution in [2.24, 2.45) is 23.7 Å². The second-order valence-electron chi connectivity index (χ2n) is 15.4. The van der Waals surface area contributed by atoms with Crippen LogP contribution in [0.1, 0.15) is 107 Å². The number of nitrogens with one attached hydrogen (secondary N) is 3. The molecule has 0 aliphatic carbocycles. The van der Waals surface area contributed by atoms with Crippen molar-refractivity contribution in [2.75, 3.05) is 46.2 Å². The second-order valence-corrected chi connectivity index (χ2v) is 15.4. The molecule has 1 unspecified atom stereocenters. The molecular formula is C40H69N3O15. The molecule has 3 amide bonds. The number of amides is 3. The molecule has 2 rings (SSSR count). The standard InChI is InChI=1S/C40H69N3O15/c1-24-26(3)36(42-28(5)44)38(57-33(24)22-53-30(7)46)51-18-14-10-9-12-16-35(49)55-20-32(48)21-56-40(50)41-17-13-11-15-19-52-39-37(43-29(6)45)27(4)25(2)34(58-39)23-54-31(8)47/h24-27,32-34,36-39,48H,9-23H2,1-8H3,(H,41,50)(H,42,44)(H,43,45)/t24-,25-,26+,27+,32?,33-,34-,36-,37-,38-,39-/m1/s1. The maximum Gasteiger partial charge on any atom is 0.407 e. The van der Waals surface area contributed by atoms with E-state index in [1.54, 1.807) is 0 Å². The Kier molecular flexibility index (Phi) is 23.7. The van der Waals surface area contributed by atoms with E-state index in [2.05, 4.69) is 16.0 Å². The minimum atomic E-state index is -1.17. The fraction of sp³-hybridized carbons (Fsp3) is 0.850. The number of ether oxygens (including phenoxy) is 8. The summed E-state index contributed by atoms with van der Waals surface area (Å²) in [4.78, 5) is 70.5. The van der Waals surface area contributed by atoms with E-state index >= 15 is 0 Å². The molecule has 11 atom stereocenters. The number of aliphatic hydroxyl groups excluding tert-OH is 1. The van der Waals surface area contributed by atoms with Gasteiger partial charge in [-0.2, -0.15) is 0 Å². The molecule has 0 saturated carbocycles. The van der Waals surface area contributed by atoms with E-state index < -0.39 is 42.7 Å². The highest BCUT2D eigenvalue weighted by molar-refractivity contribution is 5.73. The van der Waals surface area contributed by atoms with Gasteiger partial charge in [-0.3, -0.25) is 24.0 Å². The summed E-state index contributed by atoms with van der Waals surface area (Å²) >= 11 is 0. The number of esters is 3. The highest BCUT2D eigenvalue weighted by Gasteiger charge is 2.44. The quantitative estimate of drug-likeness (QED) is 0.0589. The van der Waals surface area contributed by atoms with Crippen LogP contribution in [0.25, 0.3) is 0 Å². The smallest absolute Gasteiger partial charge is 0.407 e. The van der Waals surface area contributed by atoms with Crippen LogP contribution in [-0.4, -0.2) is 130 Å². The average molecular weight is 832 g/mol. The van der Waals surface area contributed by atoms with Gasteiger partial charge in [0, 0.05) is 53.9 Å². The van der Waals surface area contributed by atoms with Gasteiger partial charge in [-0.25, -0.2) is 4.79 Å². The molecule has 0 bridgehead atoms. The van der Waals surface area contributed by atoms with E-state index in [9.17, 15) is 33.9 Å². The number of rotatable bonds is 25. The second kappa shape index (κ2) is 27.2.